The average molecular weight is 386 g/mol. The number of cyclic esters (lactones) is 1. The first-order valence-corrected chi connectivity index (χ1v) is 8.95. The number of aliphatic hydroxyl groups is 1. The molecule has 26 heavy (non-hydrogen) atoms. The van der Waals surface area contributed by atoms with Crippen LogP contribution in [0.2, 0.25) is 5.15 Å². The molecule has 1 aromatic heterocycles. The van der Waals surface area contributed by atoms with E-state index in [9.17, 15) is 9.90 Å². The lowest BCUT2D eigenvalue weighted by Gasteiger charge is -2.28. The smallest absolute Gasteiger partial charge is 0.417 e. The van der Waals surface area contributed by atoms with Crippen molar-refractivity contribution in [3.63, 3.8) is 0 Å². The zero-order chi connectivity index (χ0) is 18.9. The Hall–Kier alpha value is -1.68. The molecule has 144 valence electrons. The van der Waals surface area contributed by atoms with Crippen molar-refractivity contribution in [3.8, 4) is 0 Å². The molecule has 1 amide bonds. The minimum absolute atomic E-state index is 0.254. The van der Waals surface area contributed by atoms with Crippen molar-refractivity contribution >= 4 is 29.5 Å². The molecule has 2 saturated heterocycles. The van der Waals surface area contributed by atoms with Crippen LogP contribution in [-0.4, -0.2) is 71.9 Å². The summed E-state index contributed by atoms with van der Waals surface area (Å²) in [6.45, 7) is 8.00. The van der Waals surface area contributed by atoms with Crippen LogP contribution in [0.1, 0.15) is 20.8 Å². The summed E-state index contributed by atoms with van der Waals surface area (Å²) in [4.78, 5) is 24.6. The van der Waals surface area contributed by atoms with Gasteiger partial charge in [-0.3, -0.25) is 10.2 Å². The normalized spacial score (nSPS) is 24.1. The van der Waals surface area contributed by atoms with Gasteiger partial charge in [0.05, 0.1) is 24.9 Å². The third-order valence-corrected chi connectivity index (χ3v) is 4.41. The summed E-state index contributed by atoms with van der Waals surface area (Å²) in [6.07, 6.45) is -1.08. The van der Waals surface area contributed by atoms with Gasteiger partial charge in [0.15, 0.2) is 6.23 Å². The third kappa shape index (κ3) is 4.35. The second-order valence-corrected chi connectivity index (χ2v) is 7.44. The van der Waals surface area contributed by atoms with Crippen molar-refractivity contribution in [2.45, 2.75) is 38.6 Å². The number of hydrogen-bond acceptors (Lipinski definition) is 8. The Morgan fingerprint density at radius 2 is 2.08 bits per heavy atom. The summed E-state index contributed by atoms with van der Waals surface area (Å²) >= 11 is 6.16. The summed E-state index contributed by atoms with van der Waals surface area (Å²) < 4.78 is 10.7. The van der Waals surface area contributed by atoms with E-state index in [0.717, 1.165) is 0 Å². The lowest BCUT2D eigenvalue weighted by molar-refractivity contribution is 0.0490. The Morgan fingerprint density at radius 3 is 2.73 bits per heavy atom. The molecule has 0 spiro atoms. The fraction of sp³-hybridized carbons (Fsp3) is 0.688. The molecule has 2 atom stereocenters. The van der Waals surface area contributed by atoms with E-state index in [1.807, 2.05) is 11.8 Å². The van der Waals surface area contributed by atoms with Crippen molar-refractivity contribution in [2.24, 2.45) is 0 Å². The van der Waals surface area contributed by atoms with Crippen LogP contribution in [0.15, 0.2) is 6.07 Å². The van der Waals surface area contributed by atoms with Crippen LogP contribution < -0.4 is 15.1 Å². The minimum Gasteiger partial charge on any atom is -0.428 e. The van der Waals surface area contributed by atoms with E-state index in [0.29, 0.717) is 38.1 Å². The van der Waals surface area contributed by atoms with E-state index in [4.69, 9.17) is 21.1 Å². The molecule has 3 rings (SSSR count). The van der Waals surface area contributed by atoms with Crippen molar-refractivity contribution in [1.29, 1.82) is 0 Å². The highest BCUT2D eigenvalue weighted by atomic mass is 35.5. The van der Waals surface area contributed by atoms with Crippen LogP contribution in [0, 0.1) is 0 Å². The molecule has 2 aliphatic heterocycles. The molecule has 2 N–H and O–H groups in total. The zero-order valence-corrected chi connectivity index (χ0v) is 15.9. The second kappa shape index (κ2) is 7.51. The Labute approximate surface area is 157 Å². The third-order valence-electron chi connectivity index (χ3n) is 4.22. The highest BCUT2D eigenvalue weighted by molar-refractivity contribution is 6.29. The van der Waals surface area contributed by atoms with Crippen LogP contribution in [0.5, 0.6) is 0 Å². The van der Waals surface area contributed by atoms with E-state index in [1.165, 1.54) is 4.90 Å². The first kappa shape index (κ1) is 19.1. The van der Waals surface area contributed by atoms with E-state index < -0.39 is 17.9 Å². The van der Waals surface area contributed by atoms with Gasteiger partial charge in [-0.05, 0) is 20.8 Å². The van der Waals surface area contributed by atoms with Gasteiger partial charge in [0.1, 0.15) is 11.0 Å². The number of rotatable bonds is 5. The molecule has 0 radical (unpaired) electrons. The van der Waals surface area contributed by atoms with E-state index in [1.54, 1.807) is 19.9 Å². The van der Waals surface area contributed by atoms with Crippen LogP contribution >= 0.6 is 11.6 Å². The van der Waals surface area contributed by atoms with Crippen molar-refractivity contribution in [1.82, 2.24) is 15.3 Å². The number of nitrogens with zero attached hydrogens (tertiary/aromatic N) is 4. The minimum atomic E-state index is -0.915. The predicted octanol–water partition coefficient (Wildman–Crippen LogP) is 0.998. The van der Waals surface area contributed by atoms with Crippen molar-refractivity contribution in [3.05, 3.63) is 11.2 Å². The highest BCUT2D eigenvalue weighted by Crippen LogP contribution is 2.28. The summed E-state index contributed by atoms with van der Waals surface area (Å²) in [5.74, 6) is 0.847. The molecule has 0 saturated carbocycles. The summed E-state index contributed by atoms with van der Waals surface area (Å²) in [7, 11) is 0. The average Bonchev–Trinajstić information content (AvgIpc) is 2.86. The van der Waals surface area contributed by atoms with Gasteiger partial charge in [-0.1, -0.05) is 11.6 Å². The van der Waals surface area contributed by atoms with Crippen LogP contribution in [0.4, 0.5) is 16.6 Å². The number of aromatic nitrogens is 2. The maximum absolute atomic E-state index is 12.4. The van der Waals surface area contributed by atoms with E-state index in [2.05, 4.69) is 15.3 Å². The Balaban J connectivity index is 1.79. The fourth-order valence-corrected chi connectivity index (χ4v) is 3.03. The molecule has 0 bridgehead atoms. The summed E-state index contributed by atoms with van der Waals surface area (Å²) in [6, 6.07) is 1.22. The number of anilines is 2. The highest BCUT2D eigenvalue weighted by Gasteiger charge is 2.41. The number of morpholine rings is 1. The SMILES string of the molecule is CC1C(NCC(C)(C)O)OC(=O)N1c1cc(Cl)nc(N2CCOCC2)n1. The van der Waals surface area contributed by atoms with Crippen LogP contribution in [0.3, 0.4) is 0 Å². The Bertz CT molecular complexity index is 663. The summed E-state index contributed by atoms with van der Waals surface area (Å²) in [5, 5.41) is 13.2. The van der Waals surface area contributed by atoms with Crippen molar-refractivity contribution in [2.75, 3.05) is 42.6 Å². The zero-order valence-electron chi connectivity index (χ0n) is 15.1. The predicted molar refractivity (Wildman–Crippen MR) is 96.6 cm³/mol. The Morgan fingerprint density at radius 1 is 1.38 bits per heavy atom. The molecule has 2 unspecified atom stereocenters. The van der Waals surface area contributed by atoms with Gasteiger partial charge in [0.2, 0.25) is 5.95 Å². The van der Waals surface area contributed by atoms with Gasteiger partial charge >= 0.3 is 6.09 Å². The molecule has 0 aromatic carbocycles. The Kier molecular flexibility index (Phi) is 5.52. The molecular formula is C16H24ClN5O4. The van der Waals surface area contributed by atoms with Crippen molar-refractivity contribution < 1.29 is 19.4 Å². The number of nitrogens with one attached hydrogen (secondary N) is 1. The molecule has 0 aliphatic carbocycles. The van der Waals surface area contributed by atoms with Gasteiger partial charge in [0, 0.05) is 25.7 Å². The number of carbonyl (C=O) groups is 1. The molecule has 2 aliphatic rings. The van der Waals surface area contributed by atoms with Crippen LogP contribution in [-0.2, 0) is 9.47 Å². The van der Waals surface area contributed by atoms with Gasteiger partial charge in [-0.2, -0.15) is 4.98 Å². The molecule has 2 fully saturated rings. The lowest BCUT2D eigenvalue weighted by Crippen LogP contribution is -2.46. The fourth-order valence-electron chi connectivity index (χ4n) is 2.85. The standard InChI is InChI=1S/C16H24ClN5O4/c1-10-13(18-9-16(2,3)24)26-15(23)22(10)12-8-11(17)19-14(20-12)21-4-6-25-7-5-21/h8,10,13,18,24H,4-7,9H2,1-3H3. The first-order chi connectivity index (χ1) is 12.2. The molecular weight excluding hydrogens is 362 g/mol. The topological polar surface area (TPSA) is 100 Å². The van der Waals surface area contributed by atoms with E-state index in [-0.39, 0.29) is 17.7 Å². The second-order valence-electron chi connectivity index (χ2n) is 7.06. The largest absolute Gasteiger partial charge is 0.428 e. The molecule has 9 nitrogen and oxygen atoms in total. The number of amides is 1. The van der Waals surface area contributed by atoms with Gasteiger partial charge in [0.25, 0.3) is 0 Å². The maximum atomic E-state index is 12.4. The van der Waals surface area contributed by atoms with Gasteiger partial charge in [-0.25, -0.2) is 9.78 Å². The van der Waals surface area contributed by atoms with Gasteiger partial charge in [-0.15, -0.1) is 0 Å². The molecule has 10 heteroatoms. The monoisotopic (exact) mass is 385 g/mol. The number of ether oxygens (including phenoxy) is 2. The number of carbonyl (C=O) groups excluding carboxylic acids is 1. The number of halogens is 1. The lowest BCUT2D eigenvalue weighted by atomic mass is 10.1. The first-order valence-electron chi connectivity index (χ1n) is 8.57. The maximum Gasteiger partial charge on any atom is 0.417 e. The van der Waals surface area contributed by atoms with E-state index >= 15 is 0 Å². The quantitative estimate of drug-likeness (QED) is 0.724. The molecule has 3 heterocycles. The van der Waals surface area contributed by atoms with Gasteiger partial charge < -0.3 is 19.5 Å². The number of hydrogen-bond donors (Lipinski definition) is 2. The van der Waals surface area contributed by atoms with Crippen LogP contribution in [0.25, 0.3) is 0 Å². The summed E-state index contributed by atoms with van der Waals surface area (Å²) in [5.41, 5.74) is -0.915. The molecule has 1 aromatic rings.